The summed E-state index contributed by atoms with van der Waals surface area (Å²) in [6.45, 7) is 3.50. The molecule has 0 aromatic heterocycles. The van der Waals surface area contributed by atoms with Crippen LogP contribution in [0.4, 0.5) is 5.69 Å². The van der Waals surface area contributed by atoms with E-state index in [9.17, 15) is 9.59 Å². The van der Waals surface area contributed by atoms with Crippen molar-refractivity contribution in [3.8, 4) is 0 Å². The number of amides is 2. The number of rotatable bonds is 5. The van der Waals surface area contributed by atoms with Crippen LogP contribution in [0.3, 0.4) is 0 Å². The molecule has 0 heterocycles. The van der Waals surface area contributed by atoms with E-state index < -0.39 is 5.91 Å². The first-order chi connectivity index (χ1) is 12.3. The van der Waals surface area contributed by atoms with Crippen LogP contribution < -0.4 is 10.7 Å². The van der Waals surface area contributed by atoms with Crippen LogP contribution in [0, 0.1) is 6.92 Å². The second kappa shape index (κ2) is 9.03. The molecular weight excluding hydrogens is 397 g/mol. The third-order valence-corrected chi connectivity index (χ3v) is 4.20. The minimum absolute atomic E-state index is 0.0145. The highest BCUT2D eigenvalue weighted by atomic mass is 35.5. The molecule has 0 atom stereocenters. The first-order valence-corrected chi connectivity index (χ1v) is 8.74. The highest BCUT2D eigenvalue weighted by Crippen LogP contribution is 2.21. The Bertz CT molecular complexity index is 882. The number of nitrogens with zero attached hydrogens (tertiary/aromatic N) is 1. The second-order valence-corrected chi connectivity index (χ2v) is 6.88. The van der Waals surface area contributed by atoms with Crippen LogP contribution in [0.15, 0.2) is 41.5 Å². The summed E-state index contributed by atoms with van der Waals surface area (Å²) in [5, 5.41) is 7.87. The van der Waals surface area contributed by atoms with Gasteiger partial charge in [-0.2, -0.15) is 5.10 Å². The summed E-state index contributed by atoms with van der Waals surface area (Å²) in [5.74, 6) is -0.757. The van der Waals surface area contributed by atoms with Gasteiger partial charge in [0.15, 0.2) is 0 Å². The lowest BCUT2D eigenvalue weighted by Crippen LogP contribution is -2.22. The summed E-state index contributed by atoms with van der Waals surface area (Å²) in [6.07, 6.45) is 0.0145. The molecule has 2 rings (SSSR count). The Kier molecular flexibility index (Phi) is 7.03. The van der Waals surface area contributed by atoms with Crippen LogP contribution in [-0.2, 0) is 4.79 Å². The van der Waals surface area contributed by atoms with E-state index in [2.05, 4.69) is 15.8 Å². The van der Waals surface area contributed by atoms with E-state index in [1.807, 2.05) is 13.0 Å². The van der Waals surface area contributed by atoms with E-state index in [-0.39, 0.29) is 22.9 Å². The predicted molar refractivity (Wildman–Crippen MR) is 106 cm³/mol. The molecule has 0 fully saturated rings. The molecule has 2 amide bonds. The highest BCUT2D eigenvalue weighted by Gasteiger charge is 2.11. The molecule has 26 heavy (non-hydrogen) atoms. The summed E-state index contributed by atoms with van der Waals surface area (Å²) in [7, 11) is 0. The Morgan fingerprint density at radius 2 is 1.69 bits per heavy atom. The number of nitrogens with one attached hydrogen (secondary N) is 2. The number of hydrogen-bond acceptors (Lipinski definition) is 3. The molecule has 2 aromatic rings. The van der Waals surface area contributed by atoms with Crippen molar-refractivity contribution in [2.75, 3.05) is 5.32 Å². The van der Waals surface area contributed by atoms with E-state index >= 15 is 0 Å². The average molecular weight is 413 g/mol. The maximum Gasteiger partial charge on any atom is 0.272 e. The summed E-state index contributed by atoms with van der Waals surface area (Å²) in [5.41, 5.74) is 4.57. The van der Waals surface area contributed by atoms with Crippen molar-refractivity contribution in [1.29, 1.82) is 0 Å². The van der Waals surface area contributed by atoms with Crippen LogP contribution in [-0.4, -0.2) is 17.5 Å². The minimum Gasteiger partial charge on any atom is -0.325 e. The first-order valence-electron chi connectivity index (χ1n) is 7.61. The summed E-state index contributed by atoms with van der Waals surface area (Å²) < 4.78 is 0. The fraction of sp³-hybridized carbons (Fsp3) is 0.167. The molecule has 0 radical (unpaired) electrons. The van der Waals surface area contributed by atoms with Gasteiger partial charge in [0.25, 0.3) is 5.91 Å². The molecule has 2 N–H and O–H groups in total. The molecule has 0 aliphatic heterocycles. The topological polar surface area (TPSA) is 70.6 Å². The van der Waals surface area contributed by atoms with Gasteiger partial charge in [-0.3, -0.25) is 9.59 Å². The molecule has 0 aliphatic carbocycles. The average Bonchev–Trinajstić information content (AvgIpc) is 2.56. The van der Waals surface area contributed by atoms with Crippen molar-refractivity contribution >= 4 is 58.0 Å². The SMILES string of the molecule is CC(CC(=O)Nc1cc(Cl)ccc1C)=NNC(=O)c1ccc(Cl)cc1Cl. The van der Waals surface area contributed by atoms with E-state index in [4.69, 9.17) is 34.8 Å². The molecule has 8 heteroatoms. The Morgan fingerprint density at radius 1 is 1.04 bits per heavy atom. The van der Waals surface area contributed by atoms with Crippen LogP contribution in [0.5, 0.6) is 0 Å². The minimum atomic E-state index is -0.489. The zero-order valence-corrected chi connectivity index (χ0v) is 16.3. The number of benzene rings is 2. The quantitative estimate of drug-likeness (QED) is 0.530. The van der Waals surface area contributed by atoms with E-state index in [0.717, 1.165) is 5.56 Å². The van der Waals surface area contributed by atoms with Gasteiger partial charge >= 0.3 is 0 Å². The van der Waals surface area contributed by atoms with Crippen molar-refractivity contribution in [2.45, 2.75) is 20.3 Å². The normalized spacial score (nSPS) is 11.2. The second-order valence-electron chi connectivity index (χ2n) is 5.60. The molecule has 0 bridgehead atoms. The van der Waals surface area contributed by atoms with Gasteiger partial charge in [0.1, 0.15) is 0 Å². The van der Waals surface area contributed by atoms with Crippen LogP contribution in [0.2, 0.25) is 15.1 Å². The van der Waals surface area contributed by atoms with Gasteiger partial charge in [0.2, 0.25) is 5.91 Å². The van der Waals surface area contributed by atoms with E-state index in [1.165, 1.54) is 12.1 Å². The van der Waals surface area contributed by atoms with Crippen molar-refractivity contribution < 1.29 is 9.59 Å². The fourth-order valence-electron chi connectivity index (χ4n) is 2.08. The number of anilines is 1. The Hall–Kier alpha value is -2.08. The molecule has 0 spiro atoms. The molecule has 0 unspecified atom stereocenters. The van der Waals surface area contributed by atoms with Crippen molar-refractivity contribution in [2.24, 2.45) is 5.10 Å². The molecular formula is C18H16Cl3N3O2. The molecule has 2 aromatic carbocycles. The number of hydrogen-bond donors (Lipinski definition) is 2. The maximum absolute atomic E-state index is 12.1. The van der Waals surface area contributed by atoms with Gasteiger partial charge in [0, 0.05) is 21.4 Å². The third-order valence-electron chi connectivity index (χ3n) is 3.41. The van der Waals surface area contributed by atoms with Crippen LogP contribution in [0.25, 0.3) is 0 Å². The molecule has 0 aliphatic rings. The number of aryl methyl sites for hydroxylation is 1. The summed E-state index contributed by atoms with van der Waals surface area (Å²) in [4.78, 5) is 24.2. The largest absolute Gasteiger partial charge is 0.325 e. The van der Waals surface area contributed by atoms with E-state index in [1.54, 1.807) is 25.1 Å². The van der Waals surface area contributed by atoms with Crippen molar-refractivity contribution in [3.63, 3.8) is 0 Å². The fourth-order valence-corrected chi connectivity index (χ4v) is 2.74. The Morgan fingerprint density at radius 3 is 2.38 bits per heavy atom. The van der Waals surface area contributed by atoms with Crippen molar-refractivity contribution in [1.82, 2.24) is 5.43 Å². The monoisotopic (exact) mass is 411 g/mol. The first kappa shape index (κ1) is 20.2. The van der Waals surface area contributed by atoms with Crippen molar-refractivity contribution in [3.05, 3.63) is 62.6 Å². The molecule has 136 valence electrons. The predicted octanol–water partition coefficient (Wildman–Crippen LogP) is 5.09. The third kappa shape index (κ3) is 5.73. The van der Waals surface area contributed by atoms with E-state index in [0.29, 0.717) is 21.4 Å². The Balaban J connectivity index is 1.96. The zero-order chi connectivity index (χ0) is 19.3. The molecule has 0 saturated heterocycles. The summed E-state index contributed by atoms with van der Waals surface area (Å²) in [6, 6.07) is 9.76. The molecule has 0 saturated carbocycles. The smallest absolute Gasteiger partial charge is 0.272 e. The number of carbonyl (C=O) groups excluding carboxylic acids is 2. The number of hydrazone groups is 1. The lowest BCUT2D eigenvalue weighted by Gasteiger charge is -2.09. The van der Waals surface area contributed by atoms with Crippen LogP contribution >= 0.6 is 34.8 Å². The maximum atomic E-state index is 12.1. The highest BCUT2D eigenvalue weighted by molar-refractivity contribution is 6.36. The van der Waals surface area contributed by atoms with Gasteiger partial charge in [-0.25, -0.2) is 5.43 Å². The lowest BCUT2D eigenvalue weighted by atomic mass is 10.2. The summed E-state index contributed by atoms with van der Waals surface area (Å²) >= 11 is 17.7. The number of carbonyl (C=O) groups is 2. The van der Waals surface area contributed by atoms with Gasteiger partial charge in [-0.1, -0.05) is 40.9 Å². The van der Waals surface area contributed by atoms with Gasteiger partial charge in [0.05, 0.1) is 17.0 Å². The lowest BCUT2D eigenvalue weighted by molar-refractivity contribution is -0.115. The number of halogens is 3. The standard InChI is InChI=1S/C18H16Cl3N3O2/c1-10-3-4-13(20)9-16(10)22-17(25)7-11(2)23-24-18(26)14-6-5-12(19)8-15(14)21/h3-6,8-9H,7H2,1-2H3,(H,22,25)(H,24,26). The zero-order valence-electron chi connectivity index (χ0n) is 14.1. The van der Waals surface area contributed by atoms with Gasteiger partial charge in [-0.05, 0) is 49.7 Å². The van der Waals surface area contributed by atoms with Crippen LogP contribution in [0.1, 0.15) is 29.3 Å². The van der Waals surface area contributed by atoms with Gasteiger partial charge in [-0.15, -0.1) is 0 Å². The molecule has 5 nitrogen and oxygen atoms in total. The van der Waals surface area contributed by atoms with Gasteiger partial charge < -0.3 is 5.32 Å². The Labute approximate surface area is 166 Å².